The van der Waals surface area contributed by atoms with Crippen molar-refractivity contribution in [2.24, 2.45) is 11.1 Å². The van der Waals surface area contributed by atoms with Crippen LogP contribution >= 0.6 is 12.2 Å². The normalized spacial score (nSPS) is 21.1. The topological polar surface area (TPSA) is 35.2 Å². The van der Waals surface area contributed by atoms with Crippen LogP contribution in [0.15, 0.2) is 0 Å². The van der Waals surface area contributed by atoms with Gasteiger partial charge in [0.15, 0.2) is 6.10 Å². The number of halogens is 3. The van der Waals surface area contributed by atoms with E-state index in [4.69, 9.17) is 22.7 Å². The number of alkyl halides is 3. The first kappa shape index (κ1) is 12.7. The molecule has 88 valence electrons. The molecule has 1 unspecified atom stereocenters. The van der Waals surface area contributed by atoms with Gasteiger partial charge in [0.1, 0.15) is 0 Å². The first-order valence-electron chi connectivity index (χ1n) is 4.72. The van der Waals surface area contributed by atoms with Gasteiger partial charge in [0, 0.05) is 11.8 Å². The van der Waals surface area contributed by atoms with Crippen LogP contribution in [-0.4, -0.2) is 23.9 Å². The highest BCUT2D eigenvalue weighted by Crippen LogP contribution is 2.49. The maximum Gasteiger partial charge on any atom is 0.414 e. The van der Waals surface area contributed by atoms with Gasteiger partial charge in [0.2, 0.25) is 0 Å². The molecule has 0 aliphatic heterocycles. The van der Waals surface area contributed by atoms with Crippen molar-refractivity contribution in [3.05, 3.63) is 0 Å². The highest BCUT2D eigenvalue weighted by molar-refractivity contribution is 7.80. The lowest BCUT2D eigenvalue weighted by molar-refractivity contribution is -0.217. The molecule has 0 amide bonds. The van der Waals surface area contributed by atoms with Crippen molar-refractivity contribution in [2.75, 3.05) is 6.61 Å². The molecule has 1 saturated carbocycles. The molecule has 0 radical (unpaired) electrons. The van der Waals surface area contributed by atoms with Crippen LogP contribution < -0.4 is 5.73 Å². The minimum absolute atomic E-state index is 0.0883. The van der Waals surface area contributed by atoms with Crippen LogP contribution in [0.25, 0.3) is 0 Å². The monoisotopic (exact) mass is 241 g/mol. The molecule has 0 saturated heterocycles. The summed E-state index contributed by atoms with van der Waals surface area (Å²) in [6.07, 6.45) is -3.85. The summed E-state index contributed by atoms with van der Waals surface area (Å²) in [5.74, 6) is 0. The first-order chi connectivity index (χ1) is 6.75. The lowest BCUT2D eigenvalue weighted by Gasteiger charge is -2.20. The van der Waals surface area contributed by atoms with Crippen LogP contribution in [0, 0.1) is 5.41 Å². The molecule has 0 heterocycles. The number of ether oxygens (including phenoxy) is 1. The van der Waals surface area contributed by atoms with Gasteiger partial charge in [-0.1, -0.05) is 12.2 Å². The number of nitrogens with two attached hydrogens (primary N) is 1. The fourth-order valence-corrected chi connectivity index (χ4v) is 1.62. The molecule has 2 N–H and O–H groups in total. The molecule has 1 aliphatic carbocycles. The summed E-state index contributed by atoms with van der Waals surface area (Å²) >= 11 is 4.74. The van der Waals surface area contributed by atoms with Gasteiger partial charge in [-0.3, -0.25) is 0 Å². The second kappa shape index (κ2) is 4.25. The number of hydrogen-bond donors (Lipinski definition) is 1. The van der Waals surface area contributed by atoms with Crippen molar-refractivity contribution in [1.82, 2.24) is 0 Å². The summed E-state index contributed by atoms with van der Waals surface area (Å²) in [5.41, 5.74) is 5.15. The molecule has 1 aliphatic rings. The van der Waals surface area contributed by atoms with Crippen LogP contribution in [0.1, 0.15) is 26.2 Å². The Labute approximate surface area is 92.0 Å². The minimum atomic E-state index is -4.29. The van der Waals surface area contributed by atoms with E-state index in [1.54, 1.807) is 0 Å². The van der Waals surface area contributed by atoms with E-state index in [-0.39, 0.29) is 12.0 Å². The summed E-state index contributed by atoms with van der Waals surface area (Å²) in [4.78, 5) is 0.343. The van der Waals surface area contributed by atoms with E-state index in [1.165, 1.54) is 0 Å². The summed E-state index contributed by atoms with van der Waals surface area (Å²) in [5, 5.41) is 0. The second-order valence-electron chi connectivity index (χ2n) is 4.14. The predicted molar refractivity (Wildman–Crippen MR) is 54.5 cm³/mol. The van der Waals surface area contributed by atoms with E-state index >= 15 is 0 Å². The molecule has 0 aromatic rings. The Bertz CT molecular complexity index is 250. The fraction of sp³-hybridized carbons (Fsp3) is 0.889. The molecule has 0 aromatic heterocycles. The van der Waals surface area contributed by atoms with Crippen molar-refractivity contribution in [3.63, 3.8) is 0 Å². The third kappa shape index (κ3) is 3.95. The molecule has 0 spiro atoms. The van der Waals surface area contributed by atoms with Crippen LogP contribution in [-0.2, 0) is 4.74 Å². The van der Waals surface area contributed by atoms with Crippen molar-refractivity contribution in [1.29, 1.82) is 0 Å². The molecular weight excluding hydrogens is 227 g/mol. The number of hydrogen-bond acceptors (Lipinski definition) is 2. The predicted octanol–water partition coefficient (Wildman–Crippen LogP) is 2.41. The minimum Gasteiger partial charge on any atom is -0.393 e. The third-order valence-electron chi connectivity index (χ3n) is 2.61. The summed E-state index contributed by atoms with van der Waals surface area (Å²) in [6.45, 7) is 1.10. The highest BCUT2D eigenvalue weighted by atomic mass is 32.1. The van der Waals surface area contributed by atoms with Crippen molar-refractivity contribution in [2.45, 2.75) is 38.5 Å². The third-order valence-corrected chi connectivity index (χ3v) is 2.75. The second-order valence-corrected chi connectivity index (χ2v) is 4.66. The van der Waals surface area contributed by atoms with E-state index in [1.807, 2.05) is 0 Å². The number of thiocarbonyl (C=S) groups is 1. The molecule has 0 aromatic carbocycles. The molecule has 1 rings (SSSR count). The zero-order valence-electron chi connectivity index (χ0n) is 8.43. The van der Waals surface area contributed by atoms with E-state index in [9.17, 15) is 13.2 Å². The lowest BCUT2D eigenvalue weighted by atomic mass is 10.0. The maximum absolute atomic E-state index is 12.1. The van der Waals surface area contributed by atoms with Gasteiger partial charge in [-0.25, -0.2) is 0 Å². The van der Waals surface area contributed by atoms with Gasteiger partial charge in [-0.15, -0.1) is 0 Å². The SMILES string of the molecule is CC(OCC1(CC(N)=S)CC1)C(F)(F)F. The Morgan fingerprint density at radius 2 is 2.07 bits per heavy atom. The van der Waals surface area contributed by atoms with Crippen molar-refractivity contribution in [3.8, 4) is 0 Å². The molecule has 0 bridgehead atoms. The number of rotatable bonds is 5. The van der Waals surface area contributed by atoms with Gasteiger partial charge < -0.3 is 10.5 Å². The molecular formula is C9H14F3NOS. The van der Waals surface area contributed by atoms with Crippen molar-refractivity contribution < 1.29 is 17.9 Å². The highest BCUT2D eigenvalue weighted by Gasteiger charge is 2.45. The standard InChI is InChI=1S/C9H14F3NOS/c1-6(9(10,11)12)14-5-8(2-3-8)4-7(13)15/h6H,2-5H2,1H3,(H2,13,15). The molecule has 6 heteroatoms. The van der Waals surface area contributed by atoms with Gasteiger partial charge in [0.25, 0.3) is 0 Å². The van der Waals surface area contributed by atoms with Crippen molar-refractivity contribution >= 4 is 17.2 Å². The fourth-order valence-electron chi connectivity index (χ4n) is 1.31. The van der Waals surface area contributed by atoms with Crippen LogP contribution in [0.5, 0.6) is 0 Å². The largest absolute Gasteiger partial charge is 0.414 e. The van der Waals surface area contributed by atoms with E-state index in [2.05, 4.69) is 0 Å². The first-order valence-corrected chi connectivity index (χ1v) is 5.13. The Hall–Kier alpha value is -0.360. The van der Waals surface area contributed by atoms with Gasteiger partial charge >= 0.3 is 6.18 Å². The Kier molecular flexibility index (Phi) is 3.60. The van der Waals surface area contributed by atoms with E-state index < -0.39 is 12.3 Å². The quantitative estimate of drug-likeness (QED) is 0.751. The smallest absolute Gasteiger partial charge is 0.393 e. The summed E-state index contributed by atoms with van der Waals surface area (Å²) in [7, 11) is 0. The zero-order chi connectivity index (χ0) is 11.7. The van der Waals surface area contributed by atoms with Crippen LogP contribution in [0.4, 0.5) is 13.2 Å². The van der Waals surface area contributed by atoms with Crippen LogP contribution in [0.3, 0.4) is 0 Å². The van der Waals surface area contributed by atoms with Gasteiger partial charge in [-0.2, -0.15) is 13.2 Å². The Morgan fingerprint density at radius 1 is 1.53 bits per heavy atom. The average Bonchev–Trinajstić information content (AvgIpc) is 2.78. The van der Waals surface area contributed by atoms with Gasteiger partial charge in [-0.05, 0) is 19.8 Å². The average molecular weight is 241 g/mol. The summed E-state index contributed by atoms with van der Waals surface area (Å²) < 4.78 is 41.2. The Morgan fingerprint density at radius 3 is 2.40 bits per heavy atom. The molecule has 1 atom stereocenters. The van der Waals surface area contributed by atoms with E-state index in [0.29, 0.717) is 11.4 Å². The Balaban J connectivity index is 2.34. The van der Waals surface area contributed by atoms with Crippen LogP contribution in [0.2, 0.25) is 0 Å². The van der Waals surface area contributed by atoms with E-state index in [0.717, 1.165) is 19.8 Å². The zero-order valence-corrected chi connectivity index (χ0v) is 9.25. The van der Waals surface area contributed by atoms with Gasteiger partial charge in [0.05, 0.1) is 11.6 Å². The molecule has 2 nitrogen and oxygen atoms in total. The molecule has 1 fully saturated rings. The lowest BCUT2D eigenvalue weighted by Crippen LogP contribution is -2.31. The summed E-state index contributed by atoms with van der Waals surface area (Å²) in [6, 6.07) is 0. The maximum atomic E-state index is 12.1. The molecule has 15 heavy (non-hydrogen) atoms.